The maximum atomic E-state index is 13.1. The van der Waals surface area contributed by atoms with E-state index in [9.17, 15) is 9.59 Å². The highest BCUT2D eigenvalue weighted by Crippen LogP contribution is 2.32. The Kier molecular flexibility index (Phi) is 20.9. The molecular weight excluding hydrogens is 765 g/mol. The molecule has 0 spiro atoms. The monoisotopic (exact) mass is 830 g/mol. The summed E-state index contributed by atoms with van der Waals surface area (Å²) in [4.78, 5) is 26.1. The van der Waals surface area contributed by atoms with E-state index in [2.05, 4.69) is 54.4 Å². The van der Waals surface area contributed by atoms with Crippen LogP contribution in [0.2, 0.25) is 0 Å². The van der Waals surface area contributed by atoms with Crippen LogP contribution in [0.25, 0.3) is 21.2 Å². The summed E-state index contributed by atoms with van der Waals surface area (Å²) in [5, 5.41) is 9.60. The molecule has 0 aliphatic carbocycles. The van der Waals surface area contributed by atoms with Crippen molar-refractivity contribution in [2.45, 2.75) is 142 Å². The number of carbonyl (C=O) groups excluding carboxylic acids is 2. The number of carbonyl (C=O) groups is 2. The third-order valence-corrected chi connectivity index (χ3v) is 11.9. The second-order valence-corrected chi connectivity index (χ2v) is 17.0. The van der Waals surface area contributed by atoms with Gasteiger partial charge in [-0.15, -0.1) is 11.3 Å². The van der Waals surface area contributed by atoms with E-state index in [1.807, 2.05) is 18.2 Å². The predicted molar refractivity (Wildman–Crippen MR) is 249 cm³/mol. The van der Waals surface area contributed by atoms with Gasteiger partial charge in [-0.1, -0.05) is 148 Å². The van der Waals surface area contributed by atoms with Crippen LogP contribution in [0.5, 0.6) is 11.5 Å². The fourth-order valence-corrected chi connectivity index (χ4v) is 8.12. The summed E-state index contributed by atoms with van der Waals surface area (Å²) in [7, 11) is 0. The second kappa shape index (κ2) is 27.1. The summed E-state index contributed by atoms with van der Waals surface area (Å²) >= 11 is 1.42. The van der Waals surface area contributed by atoms with Crippen LogP contribution in [-0.4, -0.2) is 25.2 Å². The Morgan fingerprint density at radius 2 is 0.967 bits per heavy atom. The molecule has 0 aliphatic heterocycles. The third kappa shape index (κ3) is 16.7. The van der Waals surface area contributed by atoms with Gasteiger partial charge in [0.25, 0.3) is 0 Å². The minimum Gasteiger partial charge on any atom is -0.494 e. The third-order valence-electron chi connectivity index (χ3n) is 10.8. The van der Waals surface area contributed by atoms with Crippen molar-refractivity contribution in [3.8, 4) is 22.6 Å². The standard InChI is InChI=1S/C52H66N2O5S/c1-3-5-7-9-11-13-15-17-19-21-37-57-47-32-25-41(26-33-47)43-27-36-49-44(39-43)40-50(60-49)52(56)59-48-34-30-46(31-35-48)54-53-45-28-23-42(24-29-45)51(55)58-38-22-20-18-16-14-12-10-8-6-4-2/h23-36,39-40H,3-22,37-38H2,1-2H3. The van der Waals surface area contributed by atoms with Gasteiger partial charge in [-0.05, 0) is 108 Å². The Balaban J connectivity index is 0.995. The first-order valence-corrected chi connectivity index (χ1v) is 23.6. The van der Waals surface area contributed by atoms with E-state index >= 15 is 0 Å². The van der Waals surface area contributed by atoms with Crippen LogP contribution in [0.4, 0.5) is 11.4 Å². The summed E-state index contributed by atoms with van der Waals surface area (Å²) < 4.78 is 18.2. The van der Waals surface area contributed by atoms with E-state index in [-0.39, 0.29) is 5.97 Å². The van der Waals surface area contributed by atoms with E-state index in [0.29, 0.717) is 34.2 Å². The molecule has 0 saturated heterocycles. The lowest BCUT2D eigenvalue weighted by molar-refractivity contribution is 0.0497. The maximum absolute atomic E-state index is 13.1. The number of fused-ring (bicyclic) bond motifs is 1. The van der Waals surface area contributed by atoms with Gasteiger partial charge in [-0.2, -0.15) is 10.2 Å². The first kappa shape index (κ1) is 46.2. The van der Waals surface area contributed by atoms with Gasteiger partial charge in [0.1, 0.15) is 16.4 Å². The first-order chi connectivity index (χ1) is 29.5. The Morgan fingerprint density at radius 3 is 1.53 bits per heavy atom. The minimum absolute atomic E-state index is 0.318. The molecule has 0 atom stereocenters. The van der Waals surface area contributed by atoms with E-state index in [1.165, 1.54) is 120 Å². The van der Waals surface area contributed by atoms with Crippen molar-refractivity contribution in [3.05, 3.63) is 108 Å². The van der Waals surface area contributed by atoms with Gasteiger partial charge in [-0.3, -0.25) is 0 Å². The molecule has 5 rings (SSSR count). The zero-order valence-electron chi connectivity index (χ0n) is 36.1. The molecule has 0 radical (unpaired) electrons. The van der Waals surface area contributed by atoms with Gasteiger partial charge >= 0.3 is 11.9 Å². The average molecular weight is 831 g/mol. The molecule has 1 heterocycles. The molecule has 0 amide bonds. The van der Waals surface area contributed by atoms with Crippen LogP contribution in [0, 0.1) is 0 Å². The van der Waals surface area contributed by atoms with Gasteiger partial charge in [0.2, 0.25) is 0 Å². The van der Waals surface area contributed by atoms with Crippen molar-refractivity contribution >= 4 is 44.7 Å². The molecular formula is C52H66N2O5S. The summed E-state index contributed by atoms with van der Waals surface area (Å²) in [5.74, 6) is 0.597. The van der Waals surface area contributed by atoms with Crippen molar-refractivity contribution in [1.29, 1.82) is 0 Å². The van der Waals surface area contributed by atoms with Gasteiger partial charge in [0, 0.05) is 4.70 Å². The van der Waals surface area contributed by atoms with E-state index in [4.69, 9.17) is 14.2 Å². The Morgan fingerprint density at radius 1 is 0.483 bits per heavy atom. The Hall–Kier alpha value is -4.82. The summed E-state index contributed by atoms with van der Waals surface area (Å²) in [6.07, 6.45) is 25.5. The summed E-state index contributed by atoms with van der Waals surface area (Å²) in [6, 6.07) is 30.2. The van der Waals surface area contributed by atoms with Gasteiger partial charge < -0.3 is 14.2 Å². The predicted octanol–water partition coefficient (Wildman–Crippen LogP) is 16.6. The quantitative estimate of drug-likeness (QED) is 0.0207. The molecule has 1 aromatic heterocycles. The number of hydrogen-bond donors (Lipinski definition) is 0. The lowest BCUT2D eigenvalue weighted by Gasteiger charge is -2.08. The van der Waals surface area contributed by atoms with Gasteiger partial charge in [-0.25, -0.2) is 9.59 Å². The van der Waals surface area contributed by atoms with Crippen LogP contribution >= 0.6 is 11.3 Å². The summed E-state index contributed by atoms with van der Waals surface area (Å²) in [5.41, 5.74) is 3.90. The van der Waals surface area contributed by atoms with Crippen molar-refractivity contribution in [2.24, 2.45) is 10.2 Å². The highest BCUT2D eigenvalue weighted by atomic mass is 32.1. The highest BCUT2D eigenvalue weighted by Gasteiger charge is 2.14. The molecule has 0 fully saturated rings. The van der Waals surface area contributed by atoms with Crippen LogP contribution in [-0.2, 0) is 4.74 Å². The lowest BCUT2D eigenvalue weighted by Crippen LogP contribution is -2.06. The largest absolute Gasteiger partial charge is 0.494 e. The number of hydrogen-bond acceptors (Lipinski definition) is 8. The van der Waals surface area contributed by atoms with E-state index in [0.717, 1.165) is 52.8 Å². The zero-order valence-corrected chi connectivity index (χ0v) is 37.0. The molecule has 320 valence electrons. The van der Waals surface area contributed by atoms with Gasteiger partial charge in [0.15, 0.2) is 0 Å². The van der Waals surface area contributed by atoms with Crippen LogP contribution < -0.4 is 9.47 Å². The normalized spacial score (nSPS) is 11.4. The van der Waals surface area contributed by atoms with Crippen LogP contribution in [0.3, 0.4) is 0 Å². The minimum atomic E-state index is -0.404. The van der Waals surface area contributed by atoms with Crippen LogP contribution in [0.1, 0.15) is 162 Å². The Labute approximate surface area is 363 Å². The zero-order chi connectivity index (χ0) is 42.0. The first-order valence-electron chi connectivity index (χ1n) is 22.8. The molecule has 60 heavy (non-hydrogen) atoms. The van der Waals surface area contributed by atoms with Crippen molar-refractivity contribution in [3.63, 3.8) is 0 Å². The fourth-order valence-electron chi connectivity index (χ4n) is 7.20. The molecule has 0 unspecified atom stereocenters. The topological polar surface area (TPSA) is 86.5 Å². The molecule has 0 bridgehead atoms. The maximum Gasteiger partial charge on any atom is 0.353 e. The molecule has 7 nitrogen and oxygen atoms in total. The fraction of sp³-hybridized carbons (Fsp3) is 0.462. The molecule has 0 N–H and O–H groups in total. The number of esters is 2. The number of benzene rings is 4. The number of nitrogens with zero attached hydrogens (tertiary/aromatic N) is 2. The molecule has 0 aliphatic rings. The van der Waals surface area contributed by atoms with Crippen molar-refractivity contribution in [2.75, 3.05) is 13.2 Å². The van der Waals surface area contributed by atoms with Gasteiger partial charge in [0.05, 0.1) is 30.2 Å². The molecule has 4 aromatic carbocycles. The second-order valence-electron chi connectivity index (χ2n) is 15.9. The Bertz CT molecular complexity index is 2000. The van der Waals surface area contributed by atoms with Crippen molar-refractivity contribution < 1.29 is 23.8 Å². The SMILES string of the molecule is CCCCCCCCCCCCOC(=O)c1ccc(N=Nc2ccc(OC(=O)c3cc4cc(-c5ccc(OCCCCCCCCCCCC)cc5)ccc4s3)cc2)cc1. The molecule has 8 heteroatoms. The smallest absolute Gasteiger partial charge is 0.353 e. The lowest BCUT2D eigenvalue weighted by atomic mass is 10.0. The van der Waals surface area contributed by atoms with E-state index in [1.54, 1.807) is 48.5 Å². The number of thiophene rings is 1. The van der Waals surface area contributed by atoms with Crippen LogP contribution in [0.15, 0.2) is 107 Å². The molecule has 5 aromatic rings. The summed E-state index contributed by atoms with van der Waals surface area (Å²) in [6.45, 7) is 5.71. The van der Waals surface area contributed by atoms with Crippen molar-refractivity contribution in [1.82, 2.24) is 0 Å². The average Bonchev–Trinajstić information content (AvgIpc) is 3.72. The number of azo groups is 1. The number of ether oxygens (including phenoxy) is 3. The number of rotatable bonds is 29. The molecule has 0 saturated carbocycles. The highest BCUT2D eigenvalue weighted by molar-refractivity contribution is 7.20. The van der Waals surface area contributed by atoms with E-state index < -0.39 is 5.97 Å². The number of unbranched alkanes of at least 4 members (excludes halogenated alkanes) is 18.